The van der Waals surface area contributed by atoms with Crippen LogP contribution in [-0.4, -0.2) is 66.6 Å². The van der Waals surface area contributed by atoms with E-state index < -0.39 is 0 Å². The second-order valence-corrected chi connectivity index (χ2v) is 8.10. The molecule has 2 heterocycles. The number of fused-ring (bicyclic) bond motifs is 1. The van der Waals surface area contributed by atoms with Gasteiger partial charge in [0.25, 0.3) is 5.91 Å². The number of amides is 1. The van der Waals surface area contributed by atoms with Crippen LogP contribution in [-0.2, 0) is 9.53 Å². The Balaban J connectivity index is 1.61. The number of rotatable bonds is 12. The Morgan fingerprint density at radius 2 is 1.97 bits per heavy atom. The first-order valence-corrected chi connectivity index (χ1v) is 11.7. The molecule has 2 aromatic carbocycles. The van der Waals surface area contributed by atoms with Gasteiger partial charge in [-0.1, -0.05) is 19.1 Å². The largest absolute Gasteiger partial charge is 0.484 e. The van der Waals surface area contributed by atoms with Crippen molar-refractivity contribution in [1.29, 1.82) is 0 Å². The highest BCUT2D eigenvalue weighted by Crippen LogP contribution is 2.30. The number of carbonyl (C=O) groups is 1. The van der Waals surface area contributed by atoms with Gasteiger partial charge in [-0.3, -0.25) is 9.89 Å². The van der Waals surface area contributed by atoms with Gasteiger partial charge in [0.2, 0.25) is 5.88 Å². The normalized spacial score (nSPS) is 10.9. The summed E-state index contributed by atoms with van der Waals surface area (Å²) in [5.74, 6) is 1.94. The molecule has 0 spiro atoms. The number of hydrogen-bond donors (Lipinski definition) is 2. The lowest BCUT2D eigenvalue weighted by molar-refractivity contribution is -0.123. The minimum atomic E-state index is -0.162. The van der Waals surface area contributed by atoms with Crippen molar-refractivity contribution in [3.05, 3.63) is 54.7 Å². The molecular formula is C26H30N6O4. The van der Waals surface area contributed by atoms with Crippen LogP contribution in [0, 0.1) is 0 Å². The van der Waals surface area contributed by atoms with Crippen molar-refractivity contribution in [2.24, 2.45) is 0 Å². The third kappa shape index (κ3) is 6.28. The fourth-order valence-electron chi connectivity index (χ4n) is 3.48. The molecule has 10 nitrogen and oxygen atoms in total. The fourth-order valence-corrected chi connectivity index (χ4v) is 3.48. The van der Waals surface area contributed by atoms with Gasteiger partial charge >= 0.3 is 0 Å². The second kappa shape index (κ2) is 12.0. The third-order valence-corrected chi connectivity index (χ3v) is 5.42. The molecule has 0 aliphatic rings. The molecule has 4 aromatic rings. The van der Waals surface area contributed by atoms with E-state index in [-0.39, 0.29) is 12.5 Å². The Bertz CT molecular complexity index is 1310. The van der Waals surface area contributed by atoms with Crippen molar-refractivity contribution in [1.82, 2.24) is 25.5 Å². The Morgan fingerprint density at radius 3 is 2.81 bits per heavy atom. The van der Waals surface area contributed by atoms with Crippen LogP contribution in [0.3, 0.4) is 0 Å². The number of aromatic nitrogens is 4. The molecule has 2 N–H and O–H groups in total. The molecule has 0 saturated heterocycles. The van der Waals surface area contributed by atoms with E-state index in [4.69, 9.17) is 19.2 Å². The molecule has 2 aromatic heterocycles. The van der Waals surface area contributed by atoms with Crippen molar-refractivity contribution in [2.45, 2.75) is 13.3 Å². The van der Waals surface area contributed by atoms with Crippen LogP contribution in [0.2, 0.25) is 0 Å². The van der Waals surface area contributed by atoms with Crippen LogP contribution in [0.15, 0.2) is 54.7 Å². The topological polar surface area (TPSA) is 114 Å². The van der Waals surface area contributed by atoms with Gasteiger partial charge in [0.1, 0.15) is 18.2 Å². The van der Waals surface area contributed by atoms with E-state index in [9.17, 15) is 4.79 Å². The van der Waals surface area contributed by atoms with E-state index in [1.807, 2.05) is 55.3 Å². The number of methoxy groups -OCH3 is 1. The summed E-state index contributed by atoms with van der Waals surface area (Å²) in [7, 11) is 3.55. The van der Waals surface area contributed by atoms with Gasteiger partial charge in [-0.25, -0.2) is 4.98 Å². The highest BCUT2D eigenvalue weighted by atomic mass is 16.5. The molecule has 188 valence electrons. The van der Waals surface area contributed by atoms with Crippen molar-refractivity contribution < 1.29 is 19.0 Å². The Morgan fingerprint density at radius 1 is 1.08 bits per heavy atom. The molecule has 0 atom stereocenters. The monoisotopic (exact) mass is 490 g/mol. The number of nitrogens with one attached hydrogen (secondary N) is 2. The predicted molar refractivity (Wildman–Crippen MR) is 138 cm³/mol. The molecule has 36 heavy (non-hydrogen) atoms. The maximum atomic E-state index is 11.9. The summed E-state index contributed by atoms with van der Waals surface area (Å²) in [4.78, 5) is 23.3. The van der Waals surface area contributed by atoms with E-state index in [0.29, 0.717) is 43.0 Å². The molecule has 0 aliphatic carbocycles. The van der Waals surface area contributed by atoms with E-state index in [2.05, 4.69) is 20.5 Å². The fraction of sp³-hybridized carbons (Fsp3) is 0.308. The molecule has 0 bridgehead atoms. The number of ether oxygens (including phenoxy) is 3. The van der Waals surface area contributed by atoms with Crippen LogP contribution in [0.5, 0.6) is 11.6 Å². The minimum Gasteiger partial charge on any atom is -0.484 e. The molecule has 0 fully saturated rings. The first kappa shape index (κ1) is 24.9. The number of carbonyl (C=O) groups excluding carboxylic acids is 1. The van der Waals surface area contributed by atoms with Gasteiger partial charge in [-0.05, 0) is 36.8 Å². The van der Waals surface area contributed by atoms with Crippen LogP contribution in [0.1, 0.15) is 13.3 Å². The summed E-state index contributed by atoms with van der Waals surface area (Å²) in [6, 6.07) is 15.1. The average Bonchev–Trinajstić information content (AvgIpc) is 3.38. The Labute approximate surface area is 209 Å². The number of nitrogens with zero attached hydrogens (tertiary/aromatic N) is 4. The van der Waals surface area contributed by atoms with Gasteiger partial charge in [0.05, 0.1) is 18.3 Å². The molecule has 1 amide bonds. The number of aromatic amines is 1. The van der Waals surface area contributed by atoms with Crippen molar-refractivity contribution in [3.8, 4) is 23.0 Å². The van der Waals surface area contributed by atoms with Crippen LogP contribution in [0.4, 0.5) is 11.5 Å². The lowest BCUT2D eigenvalue weighted by Gasteiger charge is -2.20. The summed E-state index contributed by atoms with van der Waals surface area (Å²) < 4.78 is 16.6. The van der Waals surface area contributed by atoms with Gasteiger partial charge in [0, 0.05) is 43.4 Å². The number of anilines is 2. The molecular weight excluding hydrogens is 460 g/mol. The zero-order chi connectivity index (χ0) is 25.3. The summed E-state index contributed by atoms with van der Waals surface area (Å²) in [6.07, 6.45) is 2.65. The molecule has 0 saturated carbocycles. The van der Waals surface area contributed by atoms with Gasteiger partial charge in [-0.15, -0.1) is 0 Å². The zero-order valence-electron chi connectivity index (χ0n) is 20.7. The SMILES string of the molecule is CCCNC(=O)COc1cccc(-c2nc(OCCOC)cc(N(C)c3ccc4[nH]ncc4c3)n2)c1. The maximum absolute atomic E-state index is 11.9. The molecule has 0 radical (unpaired) electrons. The lowest BCUT2D eigenvalue weighted by Crippen LogP contribution is -2.29. The van der Waals surface area contributed by atoms with Gasteiger partial charge < -0.3 is 24.4 Å². The quantitative estimate of drug-likeness (QED) is 0.289. The maximum Gasteiger partial charge on any atom is 0.257 e. The molecule has 10 heteroatoms. The van der Waals surface area contributed by atoms with Crippen LogP contribution in [0.25, 0.3) is 22.3 Å². The van der Waals surface area contributed by atoms with Crippen LogP contribution < -0.4 is 19.7 Å². The summed E-state index contributed by atoms with van der Waals surface area (Å²) in [6.45, 7) is 3.35. The average molecular weight is 491 g/mol. The predicted octanol–water partition coefficient (Wildman–Crippen LogP) is 3.72. The third-order valence-electron chi connectivity index (χ3n) is 5.42. The van der Waals surface area contributed by atoms with E-state index in [1.54, 1.807) is 25.4 Å². The second-order valence-electron chi connectivity index (χ2n) is 8.10. The van der Waals surface area contributed by atoms with E-state index in [0.717, 1.165) is 28.6 Å². The highest BCUT2D eigenvalue weighted by Gasteiger charge is 2.14. The molecule has 0 unspecified atom stereocenters. The highest BCUT2D eigenvalue weighted by molar-refractivity contribution is 5.83. The summed E-state index contributed by atoms with van der Waals surface area (Å²) in [5.41, 5.74) is 2.63. The van der Waals surface area contributed by atoms with Gasteiger partial charge in [0.15, 0.2) is 12.4 Å². The lowest BCUT2D eigenvalue weighted by atomic mass is 10.2. The molecule has 0 aliphatic heterocycles. The van der Waals surface area contributed by atoms with Crippen molar-refractivity contribution in [2.75, 3.05) is 45.4 Å². The summed E-state index contributed by atoms with van der Waals surface area (Å²) >= 11 is 0. The van der Waals surface area contributed by atoms with E-state index in [1.165, 1.54) is 0 Å². The van der Waals surface area contributed by atoms with Crippen LogP contribution >= 0.6 is 0 Å². The number of H-pyrrole nitrogens is 1. The number of benzene rings is 2. The zero-order valence-corrected chi connectivity index (χ0v) is 20.7. The standard InChI is InChI=1S/C26H30N6O4/c1-4-10-27-24(33)17-36-21-7-5-6-18(14-21)26-29-23(15-25(30-26)35-12-11-34-3)32(2)20-8-9-22-19(13-20)16-28-31-22/h5-9,13-16H,4,10-12,17H2,1-3H3,(H,27,33)(H,28,31). The van der Waals surface area contributed by atoms with Crippen molar-refractivity contribution >= 4 is 28.3 Å². The Kier molecular flexibility index (Phi) is 8.30. The van der Waals surface area contributed by atoms with Gasteiger partial charge in [-0.2, -0.15) is 10.1 Å². The van der Waals surface area contributed by atoms with E-state index >= 15 is 0 Å². The first-order chi connectivity index (χ1) is 17.6. The smallest absolute Gasteiger partial charge is 0.257 e. The Hall–Kier alpha value is -4.18. The number of hydrogen-bond acceptors (Lipinski definition) is 8. The minimum absolute atomic E-state index is 0.0606. The van der Waals surface area contributed by atoms with Crippen molar-refractivity contribution in [3.63, 3.8) is 0 Å². The molecule has 4 rings (SSSR count). The first-order valence-electron chi connectivity index (χ1n) is 11.7. The summed E-state index contributed by atoms with van der Waals surface area (Å²) in [5, 5.41) is 10.9.